The van der Waals surface area contributed by atoms with Gasteiger partial charge in [-0.05, 0) is 6.42 Å². The standard InChI is InChI=1S/C7H16N2OS/c1-2-3-5-9-7(10)11-6-4-8/h2-6,8H2,1H3,(H,9,10). The van der Waals surface area contributed by atoms with Crippen LogP contribution in [-0.4, -0.2) is 24.1 Å². The van der Waals surface area contributed by atoms with Gasteiger partial charge in [0.05, 0.1) is 0 Å². The maximum atomic E-state index is 10.9. The SMILES string of the molecule is CCCCNC(=O)SCCN. The van der Waals surface area contributed by atoms with Gasteiger partial charge >= 0.3 is 0 Å². The van der Waals surface area contributed by atoms with Gasteiger partial charge in [0.1, 0.15) is 0 Å². The Morgan fingerprint density at radius 1 is 1.64 bits per heavy atom. The molecule has 0 bridgehead atoms. The van der Waals surface area contributed by atoms with Crippen molar-refractivity contribution in [3.05, 3.63) is 0 Å². The summed E-state index contributed by atoms with van der Waals surface area (Å²) >= 11 is 1.25. The lowest BCUT2D eigenvalue weighted by Gasteiger charge is -2.01. The van der Waals surface area contributed by atoms with Crippen molar-refractivity contribution in [1.82, 2.24) is 5.32 Å². The van der Waals surface area contributed by atoms with Crippen LogP contribution in [0.3, 0.4) is 0 Å². The van der Waals surface area contributed by atoms with Gasteiger partial charge in [-0.15, -0.1) is 0 Å². The highest BCUT2D eigenvalue weighted by molar-refractivity contribution is 8.13. The van der Waals surface area contributed by atoms with E-state index in [4.69, 9.17) is 5.73 Å². The van der Waals surface area contributed by atoms with E-state index in [2.05, 4.69) is 12.2 Å². The Hall–Kier alpha value is -0.220. The summed E-state index contributed by atoms with van der Waals surface area (Å²) in [7, 11) is 0. The van der Waals surface area contributed by atoms with E-state index >= 15 is 0 Å². The molecule has 0 aliphatic heterocycles. The van der Waals surface area contributed by atoms with E-state index in [-0.39, 0.29) is 5.24 Å². The molecule has 0 rings (SSSR count). The maximum absolute atomic E-state index is 10.9. The number of hydrogen-bond donors (Lipinski definition) is 2. The normalized spacial score (nSPS) is 9.64. The minimum Gasteiger partial charge on any atom is -0.347 e. The van der Waals surface area contributed by atoms with Crippen molar-refractivity contribution in [2.45, 2.75) is 19.8 Å². The lowest BCUT2D eigenvalue weighted by atomic mass is 10.3. The molecule has 1 amide bonds. The van der Waals surface area contributed by atoms with E-state index in [9.17, 15) is 4.79 Å². The summed E-state index contributed by atoms with van der Waals surface area (Å²) < 4.78 is 0. The largest absolute Gasteiger partial charge is 0.347 e. The van der Waals surface area contributed by atoms with E-state index in [0.717, 1.165) is 19.4 Å². The van der Waals surface area contributed by atoms with Gasteiger partial charge in [0, 0.05) is 18.8 Å². The fraction of sp³-hybridized carbons (Fsp3) is 0.857. The number of carbonyl (C=O) groups excluding carboxylic acids is 1. The van der Waals surface area contributed by atoms with Gasteiger partial charge in [-0.25, -0.2) is 0 Å². The van der Waals surface area contributed by atoms with Crippen molar-refractivity contribution in [3.63, 3.8) is 0 Å². The van der Waals surface area contributed by atoms with Gasteiger partial charge in [0.15, 0.2) is 0 Å². The third kappa shape index (κ3) is 7.68. The summed E-state index contributed by atoms with van der Waals surface area (Å²) in [4.78, 5) is 10.9. The quantitative estimate of drug-likeness (QED) is 0.619. The van der Waals surface area contributed by atoms with E-state index in [0.29, 0.717) is 12.3 Å². The smallest absolute Gasteiger partial charge is 0.279 e. The van der Waals surface area contributed by atoms with Crippen LogP contribution in [0.15, 0.2) is 0 Å². The minimum atomic E-state index is 0.0453. The van der Waals surface area contributed by atoms with Gasteiger partial charge in [-0.1, -0.05) is 25.1 Å². The number of nitrogens with one attached hydrogen (secondary N) is 1. The molecule has 0 aromatic heterocycles. The average molecular weight is 176 g/mol. The molecule has 0 aromatic carbocycles. The molecule has 4 heteroatoms. The molecule has 0 saturated carbocycles. The van der Waals surface area contributed by atoms with Crippen molar-refractivity contribution in [1.29, 1.82) is 0 Å². The highest BCUT2D eigenvalue weighted by atomic mass is 32.2. The lowest BCUT2D eigenvalue weighted by molar-refractivity contribution is 0.260. The molecular weight excluding hydrogens is 160 g/mol. The van der Waals surface area contributed by atoms with Gasteiger partial charge in [0.25, 0.3) is 5.24 Å². The number of nitrogens with two attached hydrogens (primary N) is 1. The molecule has 0 aromatic rings. The van der Waals surface area contributed by atoms with Crippen molar-refractivity contribution < 1.29 is 4.79 Å². The van der Waals surface area contributed by atoms with Crippen LogP contribution in [0.2, 0.25) is 0 Å². The predicted molar refractivity (Wildman–Crippen MR) is 49.8 cm³/mol. The van der Waals surface area contributed by atoms with Crippen LogP contribution < -0.4 is 11.1 Å². The second kappa shape index (κ2) is 7.88. The summed E-state index contributed by atoms with van der Waals surface area (Å²) in [5.41, 5.74) is 5.23. The van der Waals surface area contributed by atoms with E-state index < -0.39 is 0 Å². The molecule has 11 heavy (non-hydrogen) atoms. The first-order valence-corrected chi connectivity index (χ1v) is 4.90. The monoisotopic (exact) mass is 176 g/mol. The number of thioether (sulfide) groups is 1. The average Bonchev–Trinajstić information content (AvgIpc) is 2.01. The topological polar surface area (TPSA) is 55.1 Å². The molecule has 0 saturated heterocycles. The summed E-state index contributed by atoms with van der Waals surface area (Å²) in [5.74, 6) is 0.706. The fourth-order valence-corrected chi connectivity index (χ4v) is 1.08. The molecule has 0 heterocycles. The van der Waals surface area contributed by atoms with Crippen LogP contribution in [0, 0.1) is 0 Å². The molecule has 3 nitrogen and oxygen atoms in total. The fourth-order valence-electron chi connectivity index (χ4n) is 0.570. The van der Waals surface area contributed by atoms with E-state index in [1.807, 2.05) is 0 Å². The van der Waals surface area contributed by atoms with Gasteiger partial charge < -0.3 is 11.1 Å². The van der Waals surface area contributed by atoms with Crippen molar-refractivity contribution >= 4 is 17.0 Å². The Labute approximate surface area is 72.1 Å². The zero-order valence-electron chi connectivity index (χ0n) is 6.93. The third-order valence-corrected chi connectivity index (χ3v) is 2.00. The Morgan fingerprint density at radius 3 is 2.91 bits per heavy atom. The summed E-state index contributed by atoms with van der Waals surface area (Å²) in [6.45, 7) is 3.44. The first-order chi connectivity index (χ1) is 5.31. The highest BCUT2D eigenvalue weighted by Crippen LogP contribution is 1.98. The first-order valence-electron chi connectivity index (χ1n) is 3.92. The lowest BCUT2D eigenvalue weighted by Crippen LogP contribution is -2.20. The van der Waals surface area contributed by atoms with Crippen molar-refractivity contribution in [3.8, 4) is 0 Å². The van der Waals surface area contributed by atoms with Crippen molar-refractivity contribution in [2.75, 3.05) is 18.8 Å². The first kappa shape index (κ1) is 10.8. The van der Waals surface area contributed by atoms with Crippen molar-refractivity contribution in [2.24, 2.45) is 5.73 Å². The van der Waals surface area contributed by atoms with Crippen LogP contribution >= 0.6 is 11.8 Å². The number of unbranched alkanes of at least 4 members (excludes halogenated alkanes) is 1. The molecule has 3 N–H and O–H groups in total. The Balaban J connectivity index is 3.09. The van der Waals surface area contributed by atoms with Crippen LogP contribution in [-0.2, 0) is 0 Å². The Kier molecular flexibility index (Phi) is 7.72. The summed E-state index contributed by atoms with van der Waals surface area (Å²) in [5, 5.41) is 2.83. The number of carbonyl (C=O) groups is 1. The molecule has 0 aliphatic rings. The van der Waals surface area contributed by atoms with Crippen LogP contribution in [0.25, 0.3) is 0 Å². The third-order valence-electron chi connectivity index (χ3n) is 1.15. The number of amides is 1. The second-order valence-corrected chi connectivity index (χ2v) is 3.27. The number of hydrogen-bond acceptors (Lipinski definition) is 3. The minimum absolute atomic E-state index is 0.0453. The van der Waals surface area contributed by atoms with Gasteiger partial charge in [-0.2, -0.15) is 0 Å². The maximum Gasteiger partial charge on any atom is 0.279 e. The molecule has 0 atom stereocenters. The van der Waals surface area contributed by atoms with Gasteiger partial charge in [-0.3, -0.25) is 4.79 Å². The Morgan fingerprint density at radius 2 is 2.36 bits per heavy atom. The Bertz CT molecular complexity index is 109. The van der Waals surface area contributed by atoms with Crippen LogP contribution in [0.4, 0.5) is 4.79 Å². The molecule has 0 fully saturated rings. The molecule has 0 radical (unpaired) electrons. The second-order valence-electron chi connectivity index (χ2n) is 2.20. The zero-order chi connectivity index (χ0) is 8.53. The van der Waals surface area contributed by atoms with Crippen LogP contribution in [0.5, 0.6) is 0 Å². The zero-order valence-corrected chi connectivity index (χ0v) is 7.75. The van der Waals surface area contributed by atoms with E-state index in [1.165, 1.54) is 11.8 Å². The van der Waals surface area contributed by atoms with E-state index in [1.54, 1.807) is 0 Å². The molecule has 0 unspecified atom stereocenters. The highest BCUT2D eigenvalue weighted by Gasteiger charge is 1.97. The number of rotatable bonds is 5. The van der Waals surface area contributed by atoms with Crippen LogP contribution in [0.1, 0.15) is 19.8 Å². The van der Waals surface area contributed by atoms with Gasteiger partial charge in [0.2, 0.25) is 0 Å². The summed E-state index contributed by atoms with van der Waals surface area (Å²) in [6.07, 6.45) is 2.16. The molecular formula is C7H16N2OS. The molecule has 66 valence electrons. The summed E-state index contributed by atoms with van der Waals surface area (Å²) in [6, 6.07) is 0. The molecule has 0 spiro atoms. The predicted octanol–water partition coefficient (Wildman–Crippen LogP) is 1.19. The molecule has 0 aliphatic carbocycles.